The predicted octanol–water partition coefficient (Wildman–Crippen LogP) is 3.32. The van der Waals surface area contributed by atoms with E-state index >= 15 is 0 Å². The maximum atomic E-state index is 13.4. The minimum absolute atomic E-state index is 0.112. The van der Waals surface area contributed by atoms with Crippen LogP contribution in [0.4, 0.5) is 10.2 Å². The minimum Gasteiger partial charge on any atom is -0.465 e. The Kier molecular flexibility index (Phi) is 5.52. The predicted molar refractivity (Wildman–Crippen MR) is 97.9 cm³/mol. The molecule has 138 valence electrons. The van der Waals surface area contributed by atoms with Gasteiger partial charge in [-0.2, -0.15) is 5.10 Å². The Bertz CT molecular complexity index is 871. The van der Waals surface area contributed by atoms with Crippen molar-refractivity contribution in [1.82, 2.24) is 9.78 Å². The number of esters is 1. The first kappa shape index (κ1) is 18.7. The molecule has 1 amide bonds. The molecule has 0 aliphatic carbocycles. The van der Waals surface area contributed by atoms with E-state index < -0.39 is 11.8 Å². The number of aryl methyl sites for hydroxylation is 1. The summed E-state index contributed by atoms with van der Waals surface area (Å²) in [6.07, 6.45) is 0. The highest BCUT2D eigenvalue weighted by molar-refractivity contribution is 8.00. The number of amides is 1. The molecule has 1 atom stereocenters. The van der Waals surface area contributed by atoms with E-state index in [1.54, 1.807) is 19.9 Å². The molecule has 1 N–H and O–H groups in total. The molecule has 1 aliphatic rings. The molecule has 0 saturated carbocycles. The number of carbonyl (C=O) groups excluding carboxylic acids is 2. The van der Waals surface area contributed by atoms with Gasteiger partial charge in [0.05, 0.1) is 23.3 Å². The third kappa shape index (κ3) is 3.71. The SMILES string of the molecule is CCOC(=O)Cn1nc(C)c2c1NC(=O)CS[C@H]2c1ccc(F)cc1Cl. The Labute approximate surface area is 159 Å². The lowest BCUT2D eigenvalue weighted by Crippen LogP contribution is -2.20. The summed E-state index contributed by atoms with van der Waals surface area (Å²) < 4.78 is 19.8. The zero-order valence-electron chi connectivity index (χ0n) is 14.2. The second-order valence-corrected chi connectivity index (χ2v) is 7.22. The number of rotatable bonds is 4. The average molecular weight is 398 g/mol. The van der Waals surface area contributed by atoms with Gasteiger partial charge in [0.1, 0.15) is 18.2 Å². The molecule has 6 nitrogen and oxygen atoms in total. The lowest BCUT2D eigenvalue weighted by Gasteiger charge is -2.17. The summed E-state index contributed by atoms with van der Waals surface area (Å²) >= 11 is 7.62. The molecule has 9 heteroatoms. The molecule has 0 unspecified atom stereocenters. The molecule has 0 radical (unpaired) electrons. The normalized spacial score (nSPS) is 16.6. The summed E-state index contributed by atoms with van der Waals surface area (Å²) in [7, 11) is 0. The van der Waals surface area contributed by atoms with E-state index in [9.17, 15) is 14.0 Å². The Morgan fingerprint density at radius 2 is 2.31 bits per heavy atom. The van der Waals surface area contributed by atoms with Crippen molar-refractivity contribution in [2.75, 3.05) is 17.7 Å². The van der Waals surface area contributed by atoms with Crippen LogP contribution >= 0.6 is 23.4 Å². The lowest BCUT2D eigenvalue weighted by molar-refractivity contribution is -0.144. The Morgan fingerprint density at radius 3 is 3.00 bits per heavy atom. The maximum absolute atomic E-state index is 13.4. The highest BCUT2D eigenvalue weighted by Gasteiger charge is 2.31. The minimum atomic E-state index is -0.444. The van der Waals surface area contributed by atoms with Crippen molar-refractivity contribution in [3.8, 4) is 0 Å². The smallest absolute Gasteiger partial charge is 0.327 e. The number of carbonyl (C=O) groups is 2. The van der Waals surface area contributed by atoms with Crippen LogP contribution in [-0.4, -0.2) is 34.0 Å². The van der Waals surface area contributed by atoms with Crippen LogP contribution in [0, 0.1) is 12.7 Å². The van der Waals surface area contributed by atoms with E-state index in [-0.39, 0.29) is 35.1 Å². The van der Waals surface area contributed by atoms with Crippen LogP contribution in [0.1, 0.15) is 29.0 Å². The Balaban J connectivity index is 2.07. The number of halogens is 2. The quantitative estimate of drug-likeness (QED) is 0.801. The van der Waals surface area contributed by atoms with E-state index in [0.29, 0.717) is 17.1 Å². The molecule has 0 fully saturated rings. The van der Waals surface area contributed by atoms with Gasteiger partial charge in [-0.1, -0.05) is 17.7 Å². The van der Waals surface area contributed by atoms with Crippen LogP contribution < -0.4 is 5.32 Å². The number of nitrogens with one attached hydrogen (secondary N) is 1. The Morgan fingerprint density at radius 1 is 1.54 bits per heavy atom. The van der Waals surface area contributed by atoms with Crippen LogP contribution in [0.5, 0.6) is 0 Å². The van der Waals surface area contributed by atoms with Crippen LogP contribution in [0.15, 0.2) is 18.2 Å². The summed E-state index contributed by atoms with van der Waals surface area (Å²) in [4.78, 5) is 24.0. The van der Waals surface area contributed by atoms with Gasteiger partial charge in [0, 0.05) is 10.6 Å². The van der Waals surface area contributed by atoms with Crippen molar-refractivity contribution in [1.29, 1.82) is 0 Å². The lowest BCUT2D eigenvalue weighted by atomic mass is 10.0. The summed E-state index contributed by atoms with van der Waals surface area (Å²) in [5, 5.41) is 7.16. The van der Waals surface area contributed by atoms with Gasteiger partial charge in [-0.05, 0) is 31.5 Å². The maximum Gasteiger partial charge on any atom is 0.327 e. The van der Waals surface area contributed by atoms with Crippen molar-refractivity contribution >= 4 is 41.1 Å². The van der Waals surface area contributed by atoms with Gasteiger partial charge in [-0.15, -0.1) is 11.8 Å². The van der Waals surface area contributed by atoms with Gasteiger partial charge in [0.25, 0.3) is 0 Å². The van der Waals surface area contributed by atoms with Crippen LogP contribution in [0.3, 0.4) is 0 Å². The Hall–Kier alpha value is -2.06. The second kappa shape index (κ2) is 7.67. The molecule has 0 spiro atoms. The number of ether oxygens (including phenoxy) is 1. The fraction of sp³-hybridized carbons (Fsp3) is 0.353. The molecule has 1 aliphatic heterocycles. The highest BCUT2D eigenvalue weighted by Crippen LogP contribution is 2.45. The molecule has 0 saturated heterocycles. The fourth-order valence-electron chi connectivity index (χ4n) is 2.85. The summed E-state index contributed by atoms with van der Waals surface area (Å²) in [5.41, 5.74) is 2.10. The van der Waals surface area contributed by atoms with Gasteiger partial charge >= 0.3 is 5.97 Å². The van der Waals surface area contributed by atoms with E-state index in [0.717, 1.165) is 5.56 Å². The zero-order chi connectivity index (χ0) is 18.8. The fourth-order valence-corrected chi connectivity index (χ4v) is 4.42. The summed E-state index contributed by atoms with van der Waals surface area (Å²) in [6, 6.07) is 4.19. The van der Waals surface area contributed by atoms with E-state index in [2.05, 4.69) is 10.4 Å². The molecular weight excluding hydrogens is 381 g/mol. The number of anilines is 1. The van der Waals surface area contributed by atoms with Crippen LogP contribution in [0.25, 0.3) is 0 Å². The first-order valence-corrected chi connectivity index (χ1v) is 9.42. The van der Waals surface area contributed by atoms with Gasteiger partial charge in [-0.25, -0.2) is 9.07 Å². The van der Waals surface area contributed by atoms with E-state index in [1.807, 2.05) is 0 Å². The number of hydrogen-bond acceptors (Lipinski definition) is 5. The average Bonchev–Trinajstić information content (AvgIpc) is 2.75. The van der Waals surface area contributed by atoms with E-state index in [1.165, 1.54) is 28.6 Å². The molecule has 2 aromatic rings. The molecular formula is C17H17ClFN3O3S. The highest BCUT2D eigenvalue weighted by atomic mass is 35.5. The van der Waals surface area contributed by atoms with Gasteiger partial charge in [0.2, 0.25) is 5.91 Å². The van der Waals surface area contributed by atoms with Crippen molar-refractivity contribution in [3.05, 3.63) is 45.9 Å². The van der Waals surface area contributed by atoms with Crippen LogP contribution in [0.2, 0.25) is 5.02 Å². The van der Waals surface area contributed by atoms with Gasteiger partial charge in [-0.3, -0.25) is 9.59 Å². The first-order valence-electron chi connectivity index (χ1n) is 8.00. The zero-order valence-corrected chi connectivity index (χ0v) is 15.8. The number of nitrogens with zero attached hydrogens (tertiary/aromatic N) is 2. The number of aromatic nitrogens is 2. The van der Waals surface area contributed by atoms with Gasteiger partial charge in [0.15, 0.2) is 0 Å². The molecule has 3 rings (SSSR count). The number of hydrogen-bond donors (Lipinski definition) is 1. The summed E-state index contributed by atoms with van der Waals surface area (Å²) in [6.45, 7) is 3.66. The number of thioether (sulfide) groups is 1. The number of fused-ring (bicyclic) bond motifs is 1. The molecule has 2 heterocycles. The standard InChI is InChI=1S/C17H17ClFN3O3S/c1-3-25-14(24)7-22-17-15(9(2)21-22)16(26-8-13(23)20-17)11-5-4-10(19)6-12(11)18/h4-6,16H,3,7-8H2,1-2H3,(H,20,23)/t16-/m0/s1. The molecule has 1 aromatic heterocycles. The third-order valence-electron chi connectivity index (χ3n) is 3.90. The largest absolute Gasteiger partial charge is 0.465 e. The topological polar surface area (TPSA) is 73.2 Å². The van der Waals surface area contributed by atoms with Crippen molar-refractivity contribution in [3.63, 3.8) is 0 Å². The van der Waals surface area contributed by atoms with Crippen LogP contribution in [-0.2, 0) is 20.9 Å². The molecule has 0 bridgehead atoms. The van der Waals surface area contributed by atoms with Crippen molar-refractivity contribution in [2.45, 2.75) is 25.6 Å². The number of benzene rings is 1. The van der Waals surface area contributed by atoms with Gasteiger partial charge < -0.3 is 10.1 Å². The first-order chi connectivity index (χ1) is 12.4. The second-order valence-electron chi connectivity index (χ2n) is 5.72. The third-order valence-corrected chi connectivity index (χ3v) is 5.48. The van der Waals surface area contributed by atoms with Crippen molar-refractivity contribution in [2.24, 2.45) is 0 Å². The molecule has 1 aromatic carbocycles. The van der Waals surface area contributed by atoms with Crippen molar-refractivity contribution < 1.29 is 18.7 Å². The van der Waals surface area contributed by atoms with E-state index in [4.69, 9.17) is 16.3 Å². The summed E-state index contributed by atoms with van der Waals surface area (Å²) in [5.74, 6) is -0.439. The molecule has 26 heavy (non-hydrogen) atoms. The monoisotopic (exact) mass is 397 g/mol.